The Kier molecular flexibility index (Phi) is 5.16. The molecule has 128 valence electrons. The van der Waals surface area contributed by atoms with E-state index in [1.54, 1.807) is 32.6 Å². The Bertz CT molecular complexity index is 981. The fourth-order valence-corrected chi connectivity index (χ4v) is 2.64. The van der Waals surface area contributed by atoms with Gasteiger partial charge in [-0.05, 0) is 48.1 Å². The highest BCUT2D eigenvalue weighted by molar-refractivity contribution is 7.71. The molecule has 2 aromatic carbocycles. The van der Waals surface area contributed by atoms with Crippen LogP contribution in [0, 0.1) is 4.77 Å². The second-order valence-corrected chi connectivity index (χ2v) is 5.86. The number of aromatic nitrogens is 3. The second-order valence-electron chi connectivity index (χ2n) is 5.03. The molecule has 0 saturated carbocycles. The molecule has 6 nitrogen and oxygen atoms in total. The zero-order valence-corrected chi connectivity index (χ0v) is 15.1. The number of H-pyrrole nitrogens is 1. The number of ether oxygens (including phenoxy) is 2. The number of aromatic amines is 1. The maximum absolute atomic E-state index is 6.05. The van der Waals surface area contributed by atoms with Crippen molar-refractivity contribution in [1.82, 2.24) is 14.9 Å². The lowest BCUT2D eigenvalue weighted by Gasteiger charge is -2.07. The van der Waals surface area contributed by atoms with Crippen LogP contribution in [0.3, 0.4) is 0 Å². The lowest BCUT2D eigenvalue weighted by molar-refractivity contribution is 0.355. The van der Waals surface area contributed by atoms with E-state index in [0.717, 1.165) is 11.1 Å². The van der Waals surface area contributed by atoms with Crippen LogP contribution >= 0.6 is 23.8 Å². The molecule has 0 saturated heterocycles. The Hall–Kier alpha value is -2.64. The van der Waals surface area contributed by atoms with Gasteiger partial charge in [0.25, 0.3) is 0 Å². The topological polar surface area (TPSA) is 64.4 Å². The predicted octanol–water partition coefficient (Wildman–Crippen LogP) is 4.16. The first-order chi connectivity index (χ1) is 12.1. The van der Waals surface area contributed by atoms with Crippen molar-refractivity contribution in [1.29, 1.82) is 0 Å². The lowest BCUT2D eigenvalue weighted by Crippen LogP contribution is -1.96. The van der Waals surface area contributed by atoms with E-state index >= 15 is 0 Å². The molecular weight excluding hydrogens is 360 g/mol. The third-order valence-electron chi connectivity index (χ3n) is 3.46. The zero-order chi connectivity index (χ0) is 17.8. The SMILES string of the molecule is COc1ccc(C=Nn2c(-c3cccc(Cl)c3)n[nH]c2=S)cc1OC. The van der Waals surface area contributed by atoms with Gasteiger partial charge in [0.15, 0.2) is 17.3 Å². The number of methoxy groups -OCH3 is 2. The third-order valence-corrected chi connectivity index (χ3v) is 3.96. The summed E-state index contributed by atoms with van der Waals surface area (Å²) in [6.07, 6.45) is 1.67. The summed E-state index contributed by atoms with van der Waals surface area (Å²) in [6, 6.07) is 12.8. The molecule has 0 aliphatic rings. The maximum Gasteiger partial charge on any atom is 0.216 e. The van der Waals surface area contributed by atoms with Crippen LogP contribution < -0.4 is 9.47 Å². The molecule has 0 atom stereocenters. The van der Waals surface area contributed by atoms with Gasteiger partial charge >= 0.3 is 0 Å². The van der Waals surface area contributed by atoms with E-state index in [4.69, 9.17) is 33.3 Å². The molecule has 0 amide bonds. The molecule has 8 heteroatoms. The highest BCUT2D eigenvalue weighted by Gasteiger charge is 2.09. The molecule has 0 unspecified atom stereocenters. The number of hydrogen-bond acceptors (Lipinski definition) is 5. The molecule has 3 aromatic rings. The number of rotatable bonds is 5. The molecule has 0 fully saturated rings. The summed E-state index contributed by atoms with van der Waals surface area (Å²) in [5, 5.41) is 12.0. The van der Waals surface area contributed by atoms with Gasteiger partial charge in [0.05, 0.1) is 20.4 Å². The van der Waals surface area contributed by atoms with Crippen molar-refractivity contribution in [3.05, 3.63) is 57.8 Å². The van der Waals surface area contributed by atoms with Crippen LogP contribution in [0.2, 0.25) is 5.02 Å². The maximum atomic E-state index is 6.05. The molecule has 1 heterocycles. The van der Waals surface area contributed by atoms with E-state index in [2.05, 4.69) is 15.3 Å². The largest absolute Gasteiger partial charge is 0.493 e. The Morgan fingerprint density at radius 3 is 2.68 bits per heavy atom. The van der Waals surface area contributed by atoms with Crippen LogP contribution in [-0.4, -0.2) is 35.3 Å². The summed E-state index contributed by atoms with van der Waals surface area (Å²) in [5.41, 5.74) is 1.64. The van der Waals surface area contributed by atoms with Crippen molar-refractivity contribution < 1.29 is 9.47 Å². The molecule has 3 rings (SSSR count). The van der Waals surface area contributed by atoms with Crippen LogP contribution in [0.5, 0.6) is 11.5 Å². The van der Waals surface area contributed by atoms with E-state index in [9.17, 15) is 0 Å². The van der Waals surface area contributed by atoms with Crippen LogP contribution in [0.1, 0.15) is 5.56 Å². The Morgan fingerprint density at radius 1 is 1.16 bits per heavy atom. The molecule has 0 aliphatic heterocycles. The van der Waals surface area contributed by atoms with E-state index in [-0.39, 0.29) is 0 Å². The summed E-state index contributed by atoms with van der Waals surface area (Å²) in [7, 11) is 3.18. The monoisotopic (exact) mass is 374 g/mol. The zero-order valence-electron chi connectivity index (χ0n) is 13.6. The molecule has 25 heavy (non-hydrogen) atoms. The van der Waals surface area contributed by atoms with Crippen LogP contribution in [0.25, 0.3) is 11.4 Å². The number of hydrogen-bond donors (Lipinski definition) is 1. The van der Waals surface area contributed by atoms with Crippen molar-refractivity contribution in [2.45, 2.75) is 0 Å². The lowest BCUT2D eigenvalue weighted by atomic mass is 10.2. The molecule has 0 aliphatic carbocycles. The van der Waals surface area contributed by atoms with Gasteiger partial charge in [-0.25, -0.2) is 5.10 Å². The minimum atomic E-state index is 0.381. The van der Waals surface area contributed by atoms with E-state index in [0.29, 0.717) is 27.1 Å². The van der Waals surface area contributed by atoms with Crippen molar-refractivity contribution in [3.63, 3.8) is 0 Å². The van der Waals surface area contributed by atoms with E-state index in [1.807, 2.05) is 30.3 Å². The quantitative estimate of drug-likeness (QED) is 0.538. The normalized spacial score (nSPS) is 11.0. The van der Waals surface area contributed by atoms with Gasteiger partial charge < -0.3 is 9.47 Å². The van der Waals surface area contributed by atoms with Crippen molar-refractivity contribution in [3.8, 4) is 22.9 Å². The van der Waals surface area contributed by atoms with Gasteiger partial charge in [0.1, 0.15) is 0 Å². The number of nitrogens with one attached hydrogen (secondary N) is 1. The van der Waals surface area contributed by atoms with Gasteiger partial charge in [-0.1, -0.05) is 23.7 Å². The Morgan fingerprint density at radius 2 is 1.96 bits per heavy atom. The predicted molar refractivity (Wildman–Crippen MR) is 100 cm³/mol. The Balaban J connectivity index is 1.97. The third kappa shape index (κ3) is 3.72. The molecule has 1 N–H and O–H groups in total. The molecular formula is C17H15ClN4O2S. The molecule has 0 bridgehead atoms. The van der Waals surface area contributed by atoms with Crippen LogP contribution in [-0.2, 0) is 0 Å². The van der Waals surface area contributed by atoms with E-state index < -0.39 is 0 Å². The first-order valence-corrected chi connectivity index (χ1v) is 8.10. The highest BCUT2D eigenvalue weighted by atomic mass is 35.5. The minimum Gasteiger partial charge on any atom is -0.493 e. The minimum absolute atomic E-state index is 0.381. The van der Waals surface area contributed by atoms with Crippen molar-refractivity contribution in [2.24, 2.45) is 5.10 Å². The van der Waals surface area contributed by atoms with Gasteiger partial charge in [-0.3, -0.25) is 0 Å². The van der Waals surface area contributed by atoms with Gasteiger partial charge in [-0.15, -0.1) is 0 Å². The summed E-state index contributed by atoms with van der Waals surface area (Å²) in [4.78, 5) is 0. The van der Waals surface area contributed by atoms with Gasteiger partial charge in [-0.2, -0.15) is 14.9 Å². The number of benzene rings is 2. The van der Waals surface area contributed by atoms with Crippen LogP contribution in [0.4, 0.5) is 0 Å². The average Bonchev–Trinajstić information content (AvgIpc) is 3.00. The molecule has 0 radical (unpaired) electrons. The Labute approximate surface area is 154 Å². The number of halogens is 1. The average molecular weight is 375 g/mol. The summed E-state index contributed by atoms with van der Waals surface area (Å²) in [6.45, 7) is 0. The summed E-state index contributed by atoms with van der Waals surface area (Å²) < 4.78 is 12.4. The van der Waals surface area contributed by atoms with Crippen molar-refractivity contribution >= 4 is 30.0 Å². The summed E-state index contributed by atoms with van der Waals surface area (Å²) in [5.74, 6) is 1.85. The first kappa shape index (κ1) is 17.2. The highest BCUT2D eigenvalue weighted by Crippen LogP contribution is 2.27. The van der Waals surface area contributed by atoms with Crippen LogP contribution in [0.15, 0.2) is 47.6 Å². The smallest absolute Gasteiger partial charge is 0.216 e. The molecule has 0 spiro atoms. The second kappa shape index (κ2) is 7.50. The number of nitrogens with zero attached hydrogens (tertiary/aromatic N) is 3. The summed E-state index contributed by atoms with van der Waals surface area (Å²) >= 11 is 11.3. The fraction of sp³-hybridized carbons (Fsp3) is 0.118. The van der Waals surface area contributed by atoms with Gasteiger partial charge in [0, 0.05) is 10.6 Å². The van der Waals surface area contributed by atoms with Crippen molar-refractivity contribution in [2.75, 3.05) is 14.2 Å². The first-order valence-electron chi connectivity index (χ1n) is 7.32. The van der Waals surface area contributed by atoms with Gasteiger partial charge in [0.2, 0.25) is 4.77 Å². The van der Waals surface area contributed by atoms with E-state index in [1.165, 1.54) is 4.68 Å². The standard InChI is InChI=1S/C17H15ClN4O2S/c1-23-14-7-6-11(8-15(14)24-2)10-19-22-16(20-21-17(22)25)12-4-3-5-13(18)9-12/h3-10H,1-2H3,(H,21,25). The molecule has 1 aromatic heterocycles. The fourth-order valence-electron chi connectivity index (χ4n) is 2.27.